The lowest BCUT2D eigenvalue weighted by molar-refractivity contribution is -0.148. The zero-order valence-corrected chi connectivity index (χ0v) is 11.4. The minimum Gasteiger partial charge on any atom is -0.468 e. The SMILES string of the molecule is CCCCC(C(=O)OC)N1CCC(C(N)=O)CC1. The molecule has 1 unspecified atom stereocenters. The van der Waals surface area contributed by atoms with E-state index < -0.39 is 0 Å². The molecule has 1 rings (SSSR count). The Labute approximate surface area is 109 Å². The van der Waals surface area contributed by atoms with Crippen molar-refractivity contribution in [3.8, 4) is 0 Å². The maximum Gasteiger partial charge on any atom is 0.323 e. The molecule has 104 valence electrons. The number of rotatable bonds is 6. The van der Waals surface area contributed by atoms with Crippen LogP contribution in [0.2, 0.25) is 0 Å². The largest absolute Gasteiger partial charge is 0.468 e. The summed E-state index contributed by atoms with van der Waals surface area (Å²) in [5.41, 5.74) is 5.31. The lowest BCUT2D eigenvalue weighted by atomic mass is 9.94. The number of nitrogens with two attached hydrogens (primary N) is 1. The van der Waals surface area contributed by atoms with Gasteiger partial charge < -0.3 is 10.5 Å². The van der Waals surface area contributed by atoms with E-state index in [1.807, 2.05) is 0 Å². The molecule has 1 amide bonds. The fraction of sp³-hybridized carbons (Fsp3) is 0.846. The lowest BCUT2D eigenvalue weighted by Gasteiger charge is -2.35. The monoisotopic (exact) mass is 256 g/mol. The Morgan fingerprint density at radius 2 is 2.00 bits per heavy atom. The highest BCUT2D eigenvalue weighted by molar-refractivity contribution is 5.77. The van der Waals surface area contributed by atoms with Crippen molar-refractivity contribution in [1.82, 2.24) is 4.90 Å². The number of ether oxygens (including phenoxy) is 1. The van der Waals surface area contributed by atoms with Crippen LogP contribution in [0.1, 0.15) is 39.0 Å². The van der Waals surface area contributed by atoms with Gasteiger partial charge in [-0.1, -0.05) is 19.8 Å². The molecule has 0 saturated carbocycles. The van der Waals surface area contributed by atoms with E-state index in [9.17, 15) is 9.59 Å². The number of hydrogen-bond acceptors (Lipinski definition) is 4. The van der Waals surface area contributed by atoms with E-state index in [0.29, 0.717) is 0 Å². The third kappa shape index (κ3) is 3.98. The highest BCUT2D eigenvalue weighted by Crippen LogP contribution is 2.21. The normalized spacial score (nSPS) is 19.4. The van der Waals surface area contributed by atoms with Gasteiger partial charge in [-0.25, -0.2) is 0 Å². The van der Waals surface area contributed by atoms with Crippen molar-refractivity contribution in [2.24, 2.45) is 11.7 Å². The smallest absolute Gasteiger partial charge is 0.323 e. The molecule has 0 aromatic carbocycles. The summed E-state index contributed by atoms with van der Waals surface area (Å²) in [6.45, 7) is 3.60. The topological polar surface area (TPSA) is 72.6 Å². The third-order valence-corrected chi connectivity index (χ3v) is 3.68. The molecule has 0 aromatic rings. The van der Waals surface area contributed by atoms with Gasteiger partial charge in [0.1, 0.15) is 6.04 Å². The van der Waals surface area contributed by atoms with Gasteiger partial charge in [0.15, 0.2) is 0 Å². The number of esters is 1. The van der Waals surface area contributed by atoms with Gasteiger partial charge in [0.2, 0.25) is 5.91 Å². The van der Waals surface area contributed by atoms with Crippen molar-refractivity contribution in [2.75, 3.05) is 20.2 Å². The van der Waals surface area contributed by atoms with Gasteiger partial charge in [-0.2, -0.15) is 0 Å². The fourth-order valence-corrected chi connectivity index (χ4v) is 2.48. The van der Waals surface area contributed by atoms with E-state index in [4.69, 9.17) is 10.5 Å². The van der Waals surface area contributed by atoms with E-state index in [2.05, 4.69) is 11.8 Å². The Morgan fingerprint density at radius 3 is 2.44 bits per heavy atom. The number of amides is 1. The molecule has 5 heteroatoms. The molecule has 0 aromatic heterocycles. The highest BCUT2D eigenvalue weighted by atomic mass is 16.5. The number of piperidine rings is 1. The van der Waals surface area contributed by atoms with Gasteiger partial charge in [0, 0.05) is 5.92 Å². The van der Waals surface area contributed by atoms with Gasteiger partial charge in [-0.3, -0.25) is 14.5 Å². The summed E-state index contributed by atoms with van der Waals surface area (Å²) in [6.07, 6.45) is 4.38. The first kappa shape index (κ1) is 15.0. The van der Waals surface area contributed by atoms with E-state index in [1.54, 1.807) is 0 Å². The number of primary amides is 1. The zero-order chi connectivity index (χ0) is 13.5. The number of nitrogens with zero attached hydrogens (tertiary/aromatic N) is 1. The predicted octanol–water partition coefficient (Wildman–Crippen LogP) is 0.915. The molecule has 0 aliphatic carbocycles. The second kappa shape index (κ2) is 7.36. The van der Waals surface area contributed by atoms with Gasteiger partial charge in [-0.05, 0) is 32.4 Å². The maximum absolute atomic E-state index is 11.8. The van der Waals surface area contributed by atoms with Crippen LogP contribution in [0.25, 0.3) is 0 Å². The molecule has 1 fully saturated rings. The van der Waals surface area contributed by atoms with Crippen LogP contribution in [0, 0.1) is 5.92 Å². The standard InChI is InChI=1S/C13H24N2O3/c1-3-4-5-11(13(17)18-2)15-8-6-10(7-9-15)12(14)16/h10-11H,3-9H2,1-2H3,(H2,14,16). The first-order valence-corrected chi connectivity index (χ1v) is 6.71. The molecular formula is C13H24N2O3. The Balaban J connectivity index is 2.54. The molecular weight excluding hydrogens is 232 g/mol. The summed E-state index contributed by atoms with van der Waals surface area (Å²) < 4.78 is 4.86. The van der Waals surface area contributed by atoms with Crippen LogP contribution in [0.3, 0.4) is 0 Å². The molecule has 0 spiro atoms. The summed E-state index contributed by atoms with van der Waals surface area (Å²) >= 11 is 0. The van der Waals surface area contributed by atoms with Crippen molar-refractivity contribution in [3.63, 3.8) is 0 Å². The third-order valence-electron chi connectivity index (χ3n) is 3.68. The molecule has 0 radical (unpaired) electrons. The second-order valence-electron chi connectivity index (χ2n) is 4.89. The number of methoxy groups -OCH3 is 1. The molecule has 0 bridgehead atoms. The van der Waals surface area contributed by atoms with E-state index in [1.165, 1.54) is 7.11 Å². The van der Waals surface area contributed by atoms with Crippen molar-refractivity contribution in [3.05, 3.63) is 0 Å². The molecule has 5 nitrogen and oxygen atoms in total. The van der Waals surface area contributed by atoms with Crippen LogP contribution in [-0.2, 0) is 14.3 Å². The summed E-state index contributed by atoms with van der Waals surface area (Å²) in [4.78, 5) is 25.0. The van der Waals surface area contributed by atoms with Gasteiger partial charge in [0.05, 0.1) is 7.11 Å². The average molecular weight is 256 g/mol. The number of carbonyl (C=O) groups is 2. The van der Waals surface area contributed by atoms with Crippen LogP contribution in [0.4, 0.5) is 0 Å². The van der Waals surface area contributed by atoms with Crippen LogP contribution >= 0.6 is 0 Å². The Bertz CT molecular complexity index is 286. The molecule has 1 aliphatic rings. The molecule has 1 atom stereocenters. The van der Waals surface area contributed by atoms with E-state index in [-0.39, 0.29) is 23.8 Å². The second-order valence-corrected chi connectivity index (χ2v) is 4.89. The fourth-order valence-electron chi connectivity index (χ4n) is 2.48. The van der Waals surface area contributed by atoms with Gasteiger partial charge >= 0.3 is 5.97 Å². The minimum absolute atomic E-state index is 0.0364. The highest BCUT2D eigenvalue weighted by Gasteiger charge is 2.31. The summed E-state index contributed by atoms with van der Waals surface area (Å²) in [7, 11) is 1.43. The summed E-state index contributed by atoms with van der Waals surface area (Å²) in [5.74, 6) is -0.426. The number of carbonyl (C=O) groups excluding carboxylic acids is 2. The van der Waals surface area contributed by atoms with Crippen molar-refractivity contribution in [2.45, 2.75) is 45.1 Å². The van der Waals surface area contributed by atoms with Crippen LogP contribution in [0.5, 0.6) is 0 Å². The van der Waals surface area contributed by atoms with Crippen molar-refractivity contribution in [1.29, 1.82) is 0 Å². The average Bonchev–Trinajstić information content (AvgIpc) is 2.39. The first-order chi connectivity index (χ1) is 8.60. The summed E-state index contributed by atoms with van der Waals surface area (Å²) in [5, 5.41) is 0. The van der Waals surface area contributed by atoms with E-state index in [0.717, 1.165) is 45.2 Å². The molecule has 1 saturated heterocycles. The van der Waals surface area contributed by atoms with Crippen LogP contribution in [-0.4, -0.2) is 43.0 Å². The predicted molar refractivity (Wildman–Crippen MR) is 68.8 cm³/mol. The lowest BCUT2D eigenvalue weighted by Crippen LogP contribution is -2.47. The van der Waals surface area contributed by atoms with E-state index >= 15 is 0 Å². The van der Waals surface area contributed by atoms with Crippen molar-refractivity contribution >= 4 is 11.9 Å². The molecule has 1 heterocycles. The van der Waals surface area contributed by atoms with Crippen molar-refractivity contribution < 1.29 is 14.3 Å². The number of hydrogen-bond donors (Lipinski definition) is 1. The van der Waals surface area contributed by atoms with Crippen LogP contribution in [0.15, 0.2) is 0 Å². The molecule has 1 aliphatic heterocycles. The number of unbranched alkanes of at least 4 members (excludes halogenated alkanes) is 1. The Morgan fingerprint density at radius 1 is 1.39 bits per heavy atom. The quantitative estimate of drug-likeness (QED) is 0.717. The Hall–Kier alpha value is -1.10. The minimum atomic E-state index is -0.224. The molecule has 2 N–H and O–H groups in total. The first-order valence-electron chi connectivity index (χ1n) is 6.71. The zero-order valence-electron chi connectivity index (χ0n) is 11.4. The number of likely N-dealkylation sites (tertiary alicyclic amines) is 1. The maximum atomic E-state index is 11.8. The van der Waals surface area contributed by atoms with Gasteiger partial charge in [0.25, 0.3) is 0 Å². The summed E-state index contributed by atoms with van der Waals surface area (Å²) in [6, 6.07) is -0.163. The van der Waals surface area contributed by atoms with Crippen LogP contribution < -0.4 is 5.73 Å². The Kier molecular flexibility index (Phi) is 6.12. The molecule has 18 heavy (non-hydrogen) atoms. The van der Waals surface area contributed by atoms with Gasteiger partial charge in [-0.15, -0.1) is 0 Å².